The molecule has 1 heterocycles. The second-order valence-corrected chi connectivity index (χ2v) is 8.46. The maximum Gasteiger partial charge on any atom is 0.261 e. The molecule has 2 aromatic rings. The van der Waals surface area contributed by atoms with Crippen molar-refractivity contribution in [3.05, 3.63) is 59.2 Å². The highest BCUT2D eigenvalue weighted by atomic mass is 32.2. The minimum atomic E-state index is -3.67. The first kappa shape index (κ1) is 19.4. The molecule has 1 unspecified atom stereocenters. The number of benzene rings is 2. The summed E-state index contributed by atoms with van der Waals surface area (Å²) in [5, 5.41) is 2.84. The molecule has 1 amide bonds. The molecule has 6 nitrogen and oxygen atoms in total. The number of anilines is 1. The molecule has 3 rings (SSSR count). The number of carbonyl (C=O) groups is 1. The van der Waals surface area contributed by atoms with Gasteiger partial charge < -0.3 is 10.1 Å². The van der Waals surface area contributed by atoms with Crippen LogP contribution < -0.4 is 10.0 Å². The predicted octanol–water partition coefficient (Wildman–Crippen LogP) is 3.01. The van der Waals surface area contributed by atoms with Gasteiger partial charge in [0.05, 0.1) is 11.0 Å². The van der Waals surface area contributed by atoms with E-state index in [4.69, 9.17) is 4.74 Å². The zero-order valence-corrected chi connectivity index (χ0v) is 16.3. The van der Waals surface area contributed by atoms with E-state index in [2.05, 4.69) is 10.0 Å². The fraction of sp³-hybridized carbons (Fsp3) is 0.350. The van der Waals surface area contributed by atoms with E-state index in [1.54, 1.807) is 42.5 Å². The summed E-state index contributed by atoms with van der Waals surface area (Å²) in [7, 11) is -3.67. The van der Waals surface area contributed by atoms with Crippen molar-refractivity contribution >= 4 is 21.6 Å². The third kappa shape index (κ3) is 4.87. The maximum absolute atomic E-state index is 12.5. The second kappa shape index (κ2) is 8.10. The van der Waals surface area contributed by atoms with E-state index < -0.39 is 10.0 Å². The molecule has 0 radical (unpaired) electrons. The molecule has 0 aromatic heterocycles. The quantitative estimate of drug-likeness (QED) is 0.797. The minimum Gasteiger partial charge on any atom is -0.376 e. The average Bonchev–Trinajstić information content (AvgIpc) is 3.16. The molecule has 1 aliphatic rings. The Balaban J connectivity index is 1.64. The molecule has 0 aliphatic carbocycles. The van der Waals surface area contributed by atoms with Crippen molar-refractivity contribution in [2.75, 3.05) is 17.9 Å². The lowest BCUT2D eigenvalue weighted by atomic mass is 10.1. The third-order valence-electron chi connectivity index (χ3n) is 4.70. The van der Waals surface area contributed by atoms with Crippen molar-refractivity contribution in [1.82, 2.24) is 5.32 Å². The summed E-state index contributed by atoms with van der Waals surface area (Å²) >= 11 is 0. The first-order chi connectivity index (χ1) is 12.8. The fourth-order valence-electron chi connectivity index (χ4n) is 2.90. The number of nitrogens with one attached hydrogen (secondary N) is 2. The number of sulfonamides is 1. The van der Waals surface area contributed by atoms with Gasteiger partial charge in [0.25, 0.3) is 15.9 Å². The first-order valence-corrected chi connectivity index (χ1v) is 10.4. The summed E-state index contributed by atoms with van der Waals surface area (Å²) in [6.07, 6.45) is 2.06. The largest absolute Gasteiger partial charge is 0.376 e. The second-order valence-electron chi connectivity index (χ2n) is 6.77. The molecule has 1 aliphatic heterocycles. The van der Waals surface area contributed by atoms with Gasteiger partial charge in [0.1, 0.15) is 0 Å². The van der Waals surface area contributed by atoms with Crippen molar-refractivity contribution in [2.45, 2.75) is 37.7 Å². The Morgan fingerprint density at radius 1 is 1.11 bits per heavy atom. The van der Waals surface area contributed by atoms with Crippen LogP contribution in [0.4, 0.5) is 5.69 Å². The summed E-state index contributed by atoms with van der Waals surface area (Å²) in [6.45, 7) is 5.04. The Morgan fingerprint density at radius 2 is 1.85 bits per heavy atom. The van der Waals surface area contributed by atoms with Crippen LogP contribution in [0.1, 0.15) is 34.3 Å². The van der Waals surface area contributed by atoms with Crippen LogP contribution in [0, 0.1) is 13.8 Å². The third-order valence-corrected chi connectivity index (χ3v) is 6.08. The Labute approximate surface area is 160 Å². The zero-order chi connectivity index (χ0) is 19.4. The zero-order valence-electron chi connectivity index (χ0n) is 15.5. The average molecular weight is 388 g/mol. The van der Waals surface area contributed by atoms with E-state index >= 15 is 0 Å². The van der Waals surface area contributed by atoms with Crippen molar-refractivity contribution in [2.24, 2.45) is 0 Å². The standard InChI is InChI=1S/C20H24N2O4S/c1-14-5-10-19(12-15(14)2)27(24,25)22-17-8-6-16(7-9-17)20(23)21-13-18-4-3-11-26-18/h5-10,12,18,22H,3-4,11,13H2,1-2H3,(H,21,23). The lowest BCUT2D eigenvalue weighted by Gasteiger charge is -2.12. The molecule has 1 fully saturated rings. The van der Waals surface area contributed by atoms with E-state index in [1.165, 1.54) is 0 Å². The van der Waals surface area contributed by atoms with Crippen LogP contribution >= 0.6 is 0 Å². The number of ether oxygens (including phenoxy) is 1. The number of rotatable bonds is 6. The number of amides is 1. The van der Waals surface area contributed by atoms with Gasteiger partial charge in [0.15, 0.2) is 0 Å². The fourth-order valence-corrected chi connectivity index (χ4v) is 4.04. The SMILES string of the molecule is Cc1ccc(S(=O)(=O)Nc2ccc(C(=O)NCC3CCCO3)cc2)cc1C. The molecule has 27 heavy (non-hydrogen) atoms. The molecule has 1 atom stereocenters. The van der Waals surface area contributed by atoms with Crippen LogP contribution in [0.25, 0.3) is 0 Å². The lowest BCUT2D eigenvalue weighted by Crippen LogP contribution is -2.31. The molecular formula is C20H24N2O4S. The Hall–Kier alpha value is -2.38. The molecule has 0 spiro atoms. The highest BCUT2D eigenvalue weighted by Crippen LogP contribution is 2.19. The number of hydrogen-bond donors (Lipinski definition) is 2. The van der Waals surface area contributed by atoms with Gasteiger partial charge in [-0.3, -0.25) is 9.52 Å². The minimum absolute atomic E-state index is 0.0815. The number of hydrogen-bond acceptors (Lipinski definition) is 4. The highest BCUT2D eigenvalue weighted by Gasteiger charge is 2.17. The van der Waals surface area contributed by atoms with E-state index in [0.29, 0.717) is 17.8 Å². The molecule has 144 valence electrons. The van der Waals surface area contributed by atoms with Crippen LogP contribution in [0.3, 0.4) is 0 Å². The summed E-state index contributed by atoms with van der Waals surface area (Å²) in [6, 6.07) is 11.4. The van der Waals surface area contributed by atoms with Crippen molar-refractivity contribution in [1.29, 1.82) is 0 Å². The Kier molecular flexibility index (Phi) is 5.82. The summed E-state index contributed by atoms with van der Waals surface area (Å²) in [5.41, 5.74) is 2.83. The van der Waals surface area contributed by atoms with Crippen LogP contribution in [-0.2, 0) is 14.8 Å². The van der Waals surface area contributed by atoms with Gasteiger partial charge in [-0.25, -0.2) is 8.42 Å². The van der Waals surface area contributed by atoms with Crippen LogP contribution in [-0.4, -0.2) is 33.6 Å². The van der Waals surface area contributed by atoms with Gasteiger partial charge in [-0.15, -0.1) is 0 Å². The predicted molar refractivity (Wildman–Crippen MR) is 104 cm³/mol. The van der Waals surface area contributed by atoms with E-state index in [-0.39, 0.29) is 16.9 Å². The van der Waals surface area contributed by atoms with Gasteiger partial charge in [0, 0.05) is 24.4 Å². The van der Waals surface area contributed by atoms with Crippen LogP contribution in [0.2, 0.25) is 0 Å². The van der Waals surface area contributed by atoms with Crippen LogP contribution in [0.15, 0.2) is 47.4 Å². The summed E-state index contributed by atoms with van der Waals surface area (Å²) in [5.74, 6) is -0.200. The number of carbonyl (C=O) groups excluding carboxylic acids is 1. The molecule has 2 N–H and O–H groups in total. The first-order valence-electron chi connectivity index (χ1n) is 8.95. The van der Waals surface area contributed by atoms with Gasteiger partial charge >= 0.3 is 0 Å². The molecular weight excluding hydrogens is 364 g/mol. The maximum atomic E-state index is 12.5. The smallest absolute Gasteiger partial charge is 0.261 e. The normalized spacial score (nSPS) is 16.9. The number of aryl methyl sites for hydroxylation is 2. The summed E-state index contributed by atoms with van der Waals surface area (Å²) in [4.78, 5) is 12.4. The molecule has 2 aromatic carbocycles. The summed E-state index contributed by atoms with van der Waals surface area (Å²) < 4.78 is 33.1. The Morgan fingerprint density at radius 3 is 2.48 bits per heavy atom. The van der Waals surface area contributed by atoms with Gasteiger partial charge in [-0.1, -0.05) is 6.07 Å². The van der Waals surface area contributed by atoms with Crippen molar-refractivity contribution in [3.63, 3.8) is 0 Å². The van der Waals surface area contributed by atoms with E-state index in [0.717, 1.165) is 30.6 Å². The van der Waals surface area contributed by atoms with Gasteiger partial charge in [0.2, 0.25) is 0 Å². The monoisotopic (exact) mass is 388 g/mol. The van der Waals surface area contributed by atoms with Crippen LogP contribution in [0.5, 0.6) is 0 Å². The van der Waals surface area contributed by atoms with Gasteiger partial charge in [-0.2, -0.15) is 0 Å². The van der Waals surface area contributed by atoms with Crippen molar-refractivity contribution in [3.8, 4) is 0 Å². The molecule has 7 heteroatoms. The molecule has 1 saturated heterocycles. The molecule has 0 bridgehead atoms. The van der Waals surface area contributed by atoms with Crippen molar-refractivity contribution < 1.29 is 17.9 Å². The van der Waals surface area contributed by atoms with E-state index in [9.17, 15) is 13.2 Å². The lowest BCUT2D eigenvalue weighted by molar-refractivity contribution is 0.0858. The highest BCUT2D eigenvalue weighted by molar-refractivity contribution is 7.92. The van der Waals surface area contributed by atoms with Gasteiger partial charge in [-0.05, 0) is 74.2 Å². The Bertz CT molecular complexity index is 917. The topological polar surface area (TPSA) is 84.5 Å². The molecule has 0 saturated carbocycles. The van der Waals surface area contributed by atoms with E-state index in [1.807, 2.05) is 13.8 Å².